The number of carbonyl (C=O) groups is 1. The zero-order chi connectivity index (χ0) is 12.3. The second-order valence-electron chi connectivity index (χ2n) is 4.85. The number of ketones is 1. The average Bonchev–Trinajstić information content (AvgIpc) is 2.71. The first-order valence-corrected chi connectivity index (χ1v) is 7.13. The number of carbonyl (C=O) groups excluding carboxylic acids is 1. The summed E-state index contributed by atoms with van der Waals surface area (Å²) in [7, 11) is 1.73. The van der Waals surface area contributed by atoms with E-state index >= 15 is 0 Å². The van der Waals surface area contributed by atoms with Crippen LogP contribution in [0.5, 0.6) is 0 Å². The maximum Gasteiger partial charge on any atom is 0.140 e. The van der Waals surface area contributed by atoms with Gasteiger partial charge in [0, 0.05) is 29.7 Å². The first-order valence-electron chi connectivity index (χ1n) is 6.32. The SMILES string of the molecule is CCc1ccc(CC(=O)CC2(OC)CCC2)s1. The molecule has 2 rings (SSSR count). The van der Waals surface area contributed by atoms with Crippen molar-refractivity contribution >= 4 is 17.1 Å². The highest BCUT2D eigenvalue weighted by molar-refractivity contribution is 7.12. The van der Waals surface area contributed by atoms with E-state index in [-0.39, 0.29) is 5.60 Å². The highest BCUT2D eigenvalue weighted by Crippen LogP contribution is 2.38. The Balaban J connectivity index is 1.88. The molecule has 1 aromatic heterocycles. The van der Waals surface area contributed by atoms with Gasteiger partial charge in [-0.2, -0.15) is 0 Å². The lowest BCUT2D eigenvalue weighted by atomic mass is 9.76. The Labute approximate surface area is 107 Å². The first kappa shape index (κ1) is 12.8. The zero-order valence-electron chi connectivity index (χ0n) is 10.6. The minimum absolute atomic E-state index is 0.123. The highest BCUT2D eigenvalue weighted by Gasteiger charge is 2.38. The third-order valence-electron chi connectivity index (χ3n) is 3.65. The molecule has 0 N–H and O–H groups in total. The Hall–Kier alpha value is -0.670. The normalized spacial score (nSPS) is 17.8. The zero-order valence-corrected chi connectivity index (χ0v) is 11.4. The van der Waals surface area contributed by atoms with E-state index in [1.807, 2.05) is 0 Å². The Morgan fingerprint density at radius 1 is 1.41 bits per heavy atom. The minimum atomic E-state index is -0.123. The summed E-state index contributed by atoms with van der Waals surface area (Å²) in [6.45, 7) is 2.14. The van der Waals surface area contributed by atoms with Crippen LogP contribution in [0.3, 0.4) is 0 Å². The molecule has 0 spiro atoms. The van der Waals surface area contributed by atoms with Gasteiger partial charge in [-0.3, -0.25) is 4.79 Å². The summed E-state index contributed by atoms with van der Waals surface area (Å²) in [6.07, 6.45) is 5.50. The van der Waals surface area contributed by atoms with Crippen LogP contribution in [0.15, 0.2) is 12.1 Å². The molecule has 2 nitrogen and oxygen atoms in total. The number of thiophene rings is 1. The maximum absolute atomic E-state index is 12.0. The van der Waals surface area contributed by atoms with Crippen molar-refractivity contribution in [2.75, 3.05) is 7.11 Å². The summed E-state index contributed by atoms with van der Waals surface area (Å²) in [4.78, 5) is 14.6. The molecule has 0 aromatic carbocycles. The van der Waals surface area contributed by atoms with Crippen molar-refractivity contribution in [1.29, 1.82) is 0 Å². The Bertz CT molecular complexity index is 385. The quantitative estimate of drug-likeness (QED) is 0.776. The lowest BCUT2D eigenvalue weighted by molar-refractivity contribution is -0.131. The van der Waals surface area contributed by atoms with Crippen LogP contribution in [0, 0.1) is 0 Å². The van der Waals surface area contributed by atoms with Gasteiger partial charge in [-0.15, -0.1) is 11.3 Å². The van der Waals surface area contributed by atoms with E-state index in [2.05, 4.69) is 19.1 Å². The topological polar surface area (TPSA) is 26.3 Å². The lowest BCUT2D eigenvalue weighted by Gasteiger charge is -2.40. The fourth-order valence-corrected chi connectivity index (χ4v) is 3.33. The van der Waals surface area contributed by atoms with Crippen molar-refractivity contribution in [3.05, 3.63) is 21.9 Å². The molecule has 0 unspecified atom stereocenters. The molecule has 1 aliphatic carbocycles. The van der Waals surface area contributed by atoms with Crippen LogP contribution in [0.1, 0.15) is 42.4 Å². The van der Waals surface area contributed by atoms with Gasteiger partial charge < -0.3 is 4.74 Å². The molecule has 1 heterocycles. The van der Waals surface area contributed by atoms with Crippen LogP contribution < -0.4 is 0 Å². The number of aryl methyl sites for hydroxylation is 1. The standard InChI is InChI=1S/C14H20O2S/c1-3-12-5-6-13(17-12)9-11(15)10-14(16-2)7-4-8-14/h5-6H,3-4,7-10H2,1-2H3. The van der Waals surface area contributed by atoms with E-state index in [0.717, 1.165) is 19.3 Å². The average molecular weight is 252 g/mol. The minimum Gasteiger partial charge on any atom is -0.378 e. The van der Waals surface area contributed by atoms with Crippen LogP contribution in [0.2, 0.25) is 0 Å². The summed E-state index contributed by atoms with van der Waals surface area (Å²) < 4.78 is 5.49. The van der Waals surface area contributed by atoms with Gasteiger partial charge in [0.25, 0.3) is 0 Å². The van der Waals surface area contributed by atoms with E-state index in [1.165, 1.54) is 16.2 Å². The molecule has 1 fully saturated rings. The number of Topliss-reactive ketones (excluding diaryl/α,β-unsaturated/α-hetero) is 1. The molecular weight excluding hydrogens is 232 g/mol. The van der Waals surface area contributed by atoms with Crippen molar-refractivity contribution in [3.8, 4) is 0 Å². The third kappa shape index (κ3) is 2.96. The van der Waals surface area contributed by atoms with Gasteiger partial charge in [-0.05, 0) is 37.8 Å². The van der Waals surface area contributed by atoms with Gasteiger partial charge in [0.1, 0.15) is 5.78 Å². The number of methoxy groups -OCH3 is 1. The predicted octanol–water partition coefficient (Wildman–Crippen LogP) is 3.38. The second kappa shape index (κ2) is 5.32. The summed E-state index contributed by atoms with van der Waals surface area (Å²) in [6, 6.07) is 4.21. The molecule has 17 heavy (non-hydrogen) atoms. The molecular formula is C14H20O2S. The number of hydrogen-bond donors (Lipinski definition) is 0. The first-order chi connectivity index (χ1) is 8.17. The molecule has 1 aliphatic rings. The number of rotatable bonds is 6. The van der Waals surface area contributed by atoms with Crippen molar-refractivity contribution in [2.45, 2.75) is 51.0 Å². The van der Waals surface area contributed by atoms with Gasteiger partial charge in [-0.1, -0.05) is 6.92 Å². The van der Waals surface area contributed by atoms with E-state index in [9.17, 15) is 4.79 Å². The highest BCUT2D eigenvalue weighted by atomic mass is 32.1. The fourth-order valence-electron chi connectivity index (χ4n) is 2.35. The summed E-state index contributed by atoms with van der Waals surface area (Å²) in [5.74, 6) is 0.316. The van der Waals surface area contributed by atoms with Gasteiger partial charge in [-0.25, -0.2) is 0 Å². The molecule has 0 bridgehead atoms. The second-order valence-corrected chi connectivity index (χ2v) is 6.11. The number of hydrogen-bond acceptors (Lipinski definition) is 3. The lowest BCUT2D eigenvalue weighted by Crippen LogP contribution is -2.41. The monoisotopic (exact) mass is 252 g/mol. The van der Waals surface area contributed by atoms with Gasteiger partial charge >= 0.3 is 0 Å². The fraction of sp³-hybridized carbons (Fsp3) is 0.643. The van der Waals surface area contributed by atoms with Crippen molar-refractivity contribution in [2.24, 2.45) is 0 Å². The smallest absolute Gasteiger partial charge is 0.140 e. The predicted molar refractivity (Wildman–Crippen MR) is 70.6 cm³/mol. The molecule has 1 saturated carbocycles. The van der Waals surface area contributed by atoms with E-state index in [4.69, 9.17) is 4.74 Å². The summed E-state index contributed by atoms with van der Waals surface area (Å²) in [5.41, 5.74) is -0.123. The van der Waals surface area contributed by atoms with E-state index < -0.39 is 0 Å². The molecule has 3 heteroatoms. The van der Waals surface area contributed by atoms with Crippen LogP contribution in [0.4, 0.5) is 0 Å². The van der Waals surface area contributed by atoms with Gasteiger partial charge in [0.2, 0.25) is 0 Å². The Morgan fingerprint density at radius 2 is 2.12 bits per heavy atom. The molecule has 94 valence electrons. The van der Waals surface area contributed by atoms with Crippen molar-refractivity contribution in [3.63, 3.8) is 0 Å². The summed E-state index contributed by atoms with van der Waals surface area (Å²) in [5, 5.41) is 0. The van der Waals surface area contributed by atoms with Crippen molar-refractivity contribution < 1.29 is 9.53 Å². The number of ether oxygens (including phenoxy) is 1. The molecule has 1 aromatic rings. The molecule has 0 amide bonds. The third-order valence-corrected chi connectivity index (χ3v) is 4.88. The molecule has 0 atom stereocenters. The van der Waals surface area contributed by atoms with Crippen LogP contribution in [-0.2, 0) is 22.4 Å². The summed E-state index contributed by atoms with van der Waals surface area (Å²) >= 11 is 1.76. The van der Waals surface area contributed by atoms with Gasteiger partial charge in [0.05, 0.1) is 5.60 Å². The van der Waals surface area contributed by atoms with E-state index in [0.29, 0.717) is 18.6 Å². The molecule has 0 radical (unpaired) electrons. The Morgan fingerprint density at radius 3 is 2.59 bits per heavy atom. The maximum atomic E-state index is 12.0. The molecule has 0 saturated heterocycles. The Kier molecular flexibility index (Phi) is 4.00. The van der Waals surface area contributed by atoms with E-state index in [1.54, 1.807) is 18.4 Å². The van der Waals surface area contributed by atoms with Gasteiger partial charge in [0.15, 0.2) is 0 Å². The molecule has 0 aliphatic heterocycles. The van der Waals surface area contributed by atoms with Crippen LogP contribution in [0.25, 0.3) is 0 Å². The van der Waals surface area contributed by atoms with Crippen LogP contribution >= 0.6 is 11.3 Å². The van der Waals surface area contributed by atoms with Crippen molar-refractivity contribution in [1.82, 2.24) is 0 Å². The largest absolute Gasteiger partial charge is 0.378 e. The van der Waals surface area contributed by atoms with Crippen LogP contribution in [-0.4, -0.2) is 18.5 Å².